The Morgan fingerprint density at radius 1 is 1.31 bits per heavy atom. The SMILES string of the molecule is COCCOCCC(C)(C)C(=O)O. The van der Waals surface area contributed by atoms with Gasteiger partial charge in [-0.2, -0.15) is 0 Å². The number of carboxylic acid groups (broad SMARTS) is 1. The van der Waals surface area contributed by atoms with E-state index in [9.17, 15) is 4.79 Å². The minimum Gasteiger partial charge on any atom is -0.481 e. The monoisotopic (exact) mass is 190 g/mol. The normalized spacial score (nSPS) is 11.6. The third kappa shape index (κ3) is 5.60. The maximum Gasteiger partial charge on any atom is 0.309 e. The van der Waals surface area contributed by atoms with Gasteiger partial charge in [0.15, 0.2) is 0 Å². The van der Waals surface area contributed by atoms with Gasteiger partial charge >= 0.3 is 5.97 Å². The molecule has 0 rings (SSSR count). The zero-order valence-electron chi connectivity index (χ0n) is 8.50. The summed E-state index contributed by atoms with van der Waals surface area (Å²) < 4.78 is 9.95. The highest BCUT2D eigenvalue weighted by Gasteiger charge is 2.26. The first-order valence-corrected chi connectivity index (χ1v) is 4.31. The van der Waals surface area contributed by atoms with E-state index in [-0.39, 0.29) is 0 Å². The fraction of sp³-hybridized carbons (Fsp3) is 0.889. The van der Waals surface area contributed by atoms with Gasteiger partial charge in [0.2, 0.25) is 0 Å². The van der Waals surface area contributed by atoms with E-state index in [2.05, 4.69) is 0 Å². The fourth-order valence-electron chi connectivity index (χ4n) is 0.679. The Bertz CT molecular complexity index is 154. The van der Waals surface area contributed by atoms with Gasteiger partial charge in [-0.15, -0.1) is 0 Å². The van der Waals surface area contributed by atoms with Crippen molar-refractivity contribution in [3.8, 4) is 0 Å². The number of aliphatic carboxylic acids is 1. The van der Waals surface area contributed by atoms with Crippen molar-refractivity contribution < 1.29 is 19.4 Å². The number of carboxylic acids is 1. The molecule has 0 radical (unpaired) electrons. The average Bonchev–Trinajstić information content (AvgIpc) is 2.03. The first-order chi connectivity index (χ1) is 6.00. The second kappa shape index (κ2) is 5.94. The molecule has 0 saturated heterocycles. The fourth-order valence-corrected chi connectivity index (χ4v) is 0.679. The molecule has 4 heteroatoms. The molecule has 0 saturated carbocycles. The van der Waals surface area contributed by atoms with Crippen molar-refractivity contribution >= 4 is 5.97 Å². The molecule has 0 unspecified atom stereocenters. The van der Waals surface area contributed by atoms with E-state index in [1.165, 1.54) is 0 Å². The summed E-state index contributed by atoms with van der Waals surface area (Å²) >= 11 is 0. The number of methoxy groups -OCH3 is 1. The molecule has 0 spiro atoms. The van der Waals surface area contributed by atoms with Crippen molar-refractivity contribution in [3.63, 3.8) is 0 Å². The average molecular weight is 190 g/mol. The van der Waals surface area contributed by atoms with E-state index in [0.29, 0.717) is 26.2 Å². The molecule has 13 heavy (non-hydrogen) atoms. The third-order valence-electron chi connectivity index (χ3n) is 1.88. The van der Waals surface area contributed by atoms with Crippen LogP contribution in [0.15, 0.2) is 0 Å². The third-order valence-corrected chi connectivity index (χ3v) is 1.88. The number of ether oxygens (including phenoxy) is 2. The van der Waals surface area contributed by atoms with Crippen LogP contribution in [0, 0.1) is 5.41 Å². The van der Waals surface area contributed by atoms with Crippen LogP contribution in [0.25, 0.3) is 0 Å². The van der Waals surface area contributed by atoms with Crippen molar-refractivity contribution in [2.24, 2.45) is 5.41 Å². The van der Waals surface area contributed by atoms with Gasteiger partial charge in [-0.1, -0.05) is 0 Å². The van der Waals surface area contributed by atoms with E-state index in [0.717, 1.165) is 0 Å². The maximum atomic E-state index is 10.7. The van der Waals surface area contributed by atoms with E-state index < -0.39 is 11.4 Å². The van der Waals surface area contributed by atoms with Crippen LogP contribution in [0.2, 0.25) is 0 Å². The zero-order chi connectivity index (χ0) is 10.3. The van der Waals surface area contributed by atoms with E-state index in [1.54, 1.807) is 21.0 Å². The maximum absolute atomic E-state index is 10.7. The molecular formula is C9H18O4. The van der Waals surface area contributed by atoms with Gasteiger partial charge in [-0.3, -0.25) is 4.79 Å². The van der Waals surface area contributed by atoms with Crippen LogP contribution >= 0.6 is 0 Å². The summed E-state index contributed by atoms with van der Waals surface area (Å²) in [7, 11) is 1.60. The molecule has 0 amide bonds. The number of carbonyl (C=O) groups is 1. The minimum absolute atomic E-state index is 0.461. The van der Waals surface area contributed by atoms with Crippen LogP contribution in [-0.2, 0) is 14.3 Å². The van der Waals surface area contributed by atoms with Crippen LogP contribution in [0.3, 0.4) is 0 Å². The van der Waals surface area contributed by atoms with Crippen molar-refractivity contribution in [2.75, 3.05) is 26.9 Å². The first-order valence-electron chi connectivity index (χ1n) is 4.31. The number of hydrogen-bond acceptors (Lipinski definition) is 3. The van der Waals surface area contributed by atoms with Gasteiger partial charge in [0.25, 0.3) is 0 Å². The van der Waals surface area contributed by atoms with Crippen LogP contribution < -0.4 is 0 Å². The van der Waals surface area contributed by atoms with Crippen LogP contribution in [0.5, 0.6) is 0 Å². The lowest BCUT2D eigenvalue weighted by atomic mass is 9.90. The number of hydrogen-bond donors (Lipinski definition) is 1. The molecule has 0 heterocycles. The van der Waals surface area contributed by atoms with Gasteiger partial charge in [0.05, 0.1) is 18.6 Å². The van der Waals surface area contributed by atoms with E-state index in [4.69, 9.17) is 14.6 Å². The summed E-state index contributed by atoms with van der Waals surface area (Å²) in [6.07, 6.45) is 0.520. The number of rotatable bonds is 7. The molecular weight excluding hydrogens is 172 g/mol. The highest BCUT2D eigenvalue weighted by molar-refractivity contribution is 5.73. The molecule has 0 atom stereocenters. The lowest BCUT2D eigenvalue weighted by Crippen LogP contribution is -2.25. The van der Waals surface area contributed by atoms with Gasteiger partial charge in [-0.05, 0) is 20.3 Å². The Morgan fingerprint density at radius 3 is 2.38 bits per heavy atom. The molecule has 1 N–H and O–H groups in total. The summed E-state index contributed by atoms with van der Waals surface area (Å²) in [4.78, 5) is 10.7. The van der Waals surface area contributed by atoms with Crippen LogP contribution in [-0.4, -0.2) is 38.0 Å². The molecule has 0 aromatic rings. The zero-order valence-corrected chi connectivity index (χ0v) is 8.50. The highest BCUT2D eigenvalue weighted by atomic mass is 16.5. The molecule has 4 nitrogen and oxygen atoms in total. The lowest BCUT2D eigenvalue weighted by molar-refractivity contribution is -0.148. The largest absolute Gasteiger partial charge is 0.481 e. The molecule has 78 valence electrons. The van der Waals surface area contributed by atoms with Gasteiger partial charge in [-0.25, -0.2) is 0 Å². The predicted molar refractivity (Wildman–Crippen MR) is 48.7 cm³/mol. The quantitative estimate of drug-likeness (QED) is 0.612. The van der Waals surface area contributed by atoms with Crippen molar-refractivity contribution in [1.82, 2.24) is 0 Å². The highest BCUT2D eigenvalue weighted by Crippen LogP contribution is 2.19. The summed E-state index contributed by atoms with van der Waals surface area (Å²) in [6.45, 7) is 4.91. The van der Waals surface area contributed by atoms with Crippen LogP contribution in [0.1, 0.15) is 20.3 Å². The minimum atomic E-state index is -0.789. The first kappa shape index (κ1) is 12.4. The van der Waals surface area contributed by atoms with Gasteiger partial charge in [0.1, 0.15) is 0 Å². The van der Waals surface area contributed by atoms with Gasteiger partial charge in [0, 0.05) is 13.7 Å². The molecule has 0 bridgehead atoms. The molecule has 0 aromatic carbocycles. The summed E-state index contributed by atoms with van der Waals surface area (Å²) in [6, 6.07) is 0. The summed E-state index contributed by atoms with van der Waals surface area (Å²) in [5, 5.41) is 8.76. The second-order valence-corrected chi connectivity index (χ2v) is 3.54. The second-order valence-electron chi connectivity index (χ2n) is 3.54. The molecule has 0 aromatic heterocycles. The van der Waals surface area contributed by atoms with Crippen molar-refractivity contribution in [3.05, 3.63) is 0 Å². The molecule has 0 aliphatic carbocycles. The Hall–Kier alpha value is -0.610. The molecule has 0 aliphatic rings. The van der Waals surface area contributed by atoms with Crippen molar-refractivity contribution in [1.29, 1.82) is 0 Å². The van der Waals surface area contributed by atoms with E-state index >= 15 is 0 Å². The summed E-state index contributed by atoms with van der Waals surface area (Å²) in [5.74, 6) is -0.789. The smallest absolute Gasteiger partial charge is 0.309 e. The Labute approximate surface area is 78.8 Å². The van der Waals surface area contributed by atoms with Crippen molar-refractivity contribution in [2.45, 2.75) is 20.3 Å². The molecule has 0 fully saturated rings. The van der Waals surface area contributed by atoms with E-state index in [1.807, 2.05) is 0 Å². The Morgan fingerprint density at radius 2 is 1.92 bits per heavy atom. The lowest BCUT2D eigenvalue weighted by Gasteiger charge is -2.18. The predicted octanol–water partition coefficient (Wildman–Crippen LogP) is 1.15. The standard InChI is InChI=1S/C9H18O4/c1-9(2,8(10)11)4-5-13-7-6-12-3/h4-7H2,1-3H3,(H,10,11). The molecule has 0 aliphatic heterocycles. The van der Waals surface area contributed by atoms with Crippen LogP contribution in [0.4, 0.5) is 0 Å². The Kier molecular flexibility index (Phi) is 5.66. The van der Waals surface area contributed by atoms with Gasteiger partial charge < -0.3 is 14.6 Å². The Balaban J connectivity index is 3.46. The topological polar surface area (TPSA) is 55.8 Å². The summed E-state index contributed by atoms with van der Waals surface area (Å²) in [5.41, 5.74) is -0.701.